The molecule has 33 heavy (non-hydrogen) atoms. The van der Waals surface area contributed by atoms with Gasteiger partial charge < -0.3 is 14.2 Å². The SMILES string of the molecule is Cc1cc(C)c(C)c(S(=O)(=O)NCCC(=O)N2CCC(Oc3cc(C)n(C)c(=O)c3)C2)c1C. The molecule has 3 rings (SSSR count). The molecule has 1 aliphatic heterocycles. The Hall–Kier alpha value is -2.65. The topological polar surface area (TPSA) is 97.7 Å². The molecule has 1 unspecified atom stereocenters. The van der Waals surface area contributed by atoms with E-state index in [4.69, 9.17) is 4.74 Å². The molecule has 2 heterocycles. The van der Waals surface area contributed by atoms with E-state index in [9.17, 15) is 18.0 Å². The molecule has 2 aromatic rings. The van der Waals surface area contributed by atoms with Gasteiger partial charge in [0.05, 0.1) is 11.4 Å². The van der Waals surface area contributed by atoms with Gasteiger partial charge in [0.25, 0.3) is 5.56 Å². The van der Waals surface area contributed by atoms with Crippen LogP contribution in [-0.2, 0) is 21.9 Å². The van der Waals surface area contributed by atoms with Crippen LogP contribution in [0, 0.1) is 34.6 Å². The molecule has 0 bridgehead atoms. The van der Waals surface area contributed by atoms with E-state index in [-0.39, 0.29) is 30.5 Å². The molecule has 1 aliphatic rings. The number of benzene rings is 1. The number of amides is 1. The van der Waals surface area contributed by atoms with Crippen LogP contribution in [0.2, 0.25) is 0 Å². The van der Waals surface area contributed by atoms with Gasteiger partial charge in [0.1, 0.15) is 11.9 Å². The van der Waals surface area contributed by atoms with Crippen LogP contribution in [0.5, 0.6) is 5.75 Å². The Morgan fingerprint density at radius 1 is 1.09 bits per heavy atom. The number of aromatic nitrogens is 1. The number of ether oxygens (including phenoxy) is 1. The highest BCUT2D eigenvalue weighted by atomic mass is 32.2. The summed E-state index contributed by atoms with van der Waals surface area (Å²) in [7, 11) is -2.02. The third-order valence-electron chi connectivity index (χ3n) is 6.47. The predicted molar refractivity (Wildman–Crippen MR) is 127 cm³/mol. The molecule has 1 amide bonds. The predicted octanol–water partition coefficient (Wildman–Crippen LogP) is 2.28. The van der Waals surface area contributed by atoms with E-state index < -0.39 is 10.0 Å². The van der Waals surface area contributed by atoms with Crippen molar-refractivity contribution in [2.24, 2.45) is 7.05 Å². The van der Waals surface area contributed by atoms with Gasteiger partial charge in [-0.1, -0.05) is 6.07 Å². The Morgan fingerprint density at radius 2 is 1.73 bits per heavy atom. The molecule has 1 atom stereocenters. The van der Waals surface area contributed by atoms with Gasteiger partial charge in [-0.2, -0.15) is 0 Å². The Balaban J connectivity index is 1.56. The van der Waals surface area contributed by atoms with Crippen molar-refractivity contribution < 1.29 is 17.9 Å². The van der Waals surface area contributed by atoms with Gasteiger partial charge in [-0.15, -0.1) is 0 Å². The molecule has 0 saturated carbocycles. The first-order chi connectivity index (χ1) is 15.4. The number of rotatable bonds is 7. The molecule has 9 heteroatoms. The largest absolute Gasteiger partial charge is 0.488 e. The lowest BCUT2D eigenvalue weighted by atomic mass is 10.0. The minimum absolute atomic E-state index is 0.0307. The molecular formula is C24H33N3O5S. The lowest BCUT2D eigenvalue weighted by Crippen LogP contribution is -2.34. The van der Waals surface area contributed by atoms with Crippen LogP contribution in [0.4, 0.5) is 0 Å². The van der Waals surface area contributed by atoms with E-state index >= 15 is 0 Å². The summed E-state index contributed by atoms with van der Waals surface area (Å²) >= 11 is 0. The van der Waals surface area contributed by atoms with Crippen molar-refractivity contribution in [3.05, 3.63) is 56.5 Å². The van der Waals surface area contributed by atoms with Crippen molar-refractivity contribution in [2.45, 2.75) is 58.5 Å². The number of sulfonamides is 1. The van der Waals surface area contributed by atoms with Gasteiger partial charge in [0.15, 0.2) is 0 Å². The summed E-state index contributed by atoms with van der Waals surface area (Å²) in [5, 5.41) is 0. The number of nitrogens with zero attached hydrogens (tertiary/aromatic N) is 2. The summed E-state index contributed by atoms with van der Waals surface area (Å²) in [6.45, 7) is 10.2. The average Bonchev–Trinajstić information content (AvgIpc) is 3.19. The molecule has 1 N–H and O–H groups in total. The number of carbonyl (C=O) groups is 1. The molecule has 1 fully saturated rings. The maximum Gasteiger partial charge on any atom is 0.254 e. The van der Waals surface area contributed by atoms with E-state index in [0.29, 0.717) is 30.2 Å². The number of pyridine rings is 1. The van der Waals surface area contributed by atoms with E-state index in [1.807, 2.05) is 26.8 Å². The molecule has 1 aromatic carbocycles. The summed E-state index contributed by atoms with van der Waals surface area (Å²) < 4.78 is 35.9. The maximum atomic E-state index is 12.9. The van der Waals surface area contributed by atoms with Crippen molar-refractivity contribution in [3.8, 4) is 5.75 Å². The summed E-state index contributed by atoms with van der Waals surface area (Å²) in [5.41, 5.74) is 3.95. The van der Waals surface area contributed by atoms with E-state index in [0.717, 1.165) is 27.9 Å². The highest BCUT2D eigenvalue weighted by Gasteiger charge is 2.28. The third kappa shape index (κ3) is 5.47. The minimum atomic E-state index is -3.73. The molecule has 0 radical (unpaired) electrons. The zero-order valence-corrected chi connectivity index (χ0v) is 21.0. The van der Waals surface area contributed by atoms with Crippen molar-refractivity contribution in [1.82, 2.24) is 14.2 Å². The Labute approximate surface area is 195 Å². The van der Waals surface area contributed by atoms with Crippen LogP contribution in [0.25, 0.3) is 0 Å². The lowest BCUT2D eigenvalue weighted by Gasteiger charge is -2.19. The Kier molecular flexibility index (Phi) is 7.33. The van der Waals surface area contributed by atoms with E-state index in [1.54, 1.807) is 36.4 Å². The third-order valence-corrected chi connectivity index (χ3v) is 8.21. The van der Waals surface area contributed by atoms with Crippen LogP contribution in [0.1, 0.15) is 40.8 Å². The quantitative estimate of drug-likeness (QED) is 0.663. The Morgan fingerprint density at radius 3 is 2.33 bits per heavy atom. The van der Waals surface area contributed by atoms with Gasteiger partial charge in [0.2, 0.25) is 15.9 Å². The molecular weight excluding hydrogens is 442 g/mol. The molecule has 180 valence electrons. The fraction of sp³-hybridized carbons (Fsp3) is 0.500. The van der Waals surface area contributed by atoms with Crippen molar-refractivity contribution in [2.75, 3.05) is 19.6 Å². The number of hydrogen-bond acceptors (Lipinski definition) is 5. The first kappa shape index (κ1) is 25.0. The molecule has 8 nitrogen and oxygen atoms in total. The van der Waals surface area contributed by atoms with Crippen LogP contribution < -0.4 is 15.0 Å². The second-order valence-electron chi connectivity index (χ2n) is 8.84. The van der Waals surface area contributed by atoms with Crippen molar-refractivity contribution in [1.29, 1.82) is 0 Å². The van der Waals surface area contributed by atoms with E-state index in [2.05, 4.69) is 4.72 Å². The van der Waals surface area contributed by atoms with Gasteiger partial charge >= 0.3 is 0 Å². The first-order valence-electron chi connectivity index (χ1n) is 11.1. The summed E-state index contributed by atoms with van der Waals surface area (Å²) in [6.07, 6.45) is 0.532. The summed E-state index contributed by atoms with van der Waals surface area (Å²) in [6, 6.07) is 5.23. The number of likely N-dealkylation sites (tertiary alicyclic amines) is 1. The number of aryl methyl sites for hydroxylation is 3. The molecule has 1 aromatic heterocycles. The number of carbonyl (C=O) groups excluding carboxylic acids is 1. The van der Waals surface area contributed by atoms with Crippen LogP contribution in [-0.4, -0.2) is 49.5 Å². The van der Waals surface area contributed by atoms with Gasteiger partial charge in [-0.25, -0.2) is 13.1 Å². The van der Waals surface area contributed by atoms with Crippen LogP contribution in [0.15, 0.2) is 27.9 Å². The fourth-order valence-electron chi connectivity index (χ4n) is 4.15. The lowest BCUT2D eigenvalue weighted by molar-refractivity contribution is -0.130. The molecule has 1 saturated heterocycles. The zero-order chi connectivity index (χ0) is 24.5. The first-order valence-corrected chi connectivity index (χ1v) is 12.6. The highest BCUT2D eigenvalue weighted by molar-refractivity contribution is 7.89. The second-order valence-corrected chi connectivity index (χ2v) is 10.5. The monoisotopic (exact) mass is 475 g/mol. The second kappa shape index (κ2) is 9.69. The van der Waals surface area contributed by atoms with Crippen molar-refractivity contribution >= 4 is 15.9 Å². The van der Waals surface area contributed by atoms with Gasteiger partial charge in [-0.3, -0.25) is 9.59 Å². The summed E-state index contributed by atoms with van der Waals surface area (Å²) in [5.74, 6) is 0.375. The molecule has 0 spiro atoms. The fourth-order valence-corrected chi connectivity index (χ4v) is 5.80. The van der Waals surface area contributed by atoms with Crippen molar-refractivity contribution in [3.63, 3.8) is 0 Å². The highest BCUT2D eigenvalue weighted by Crippen LogP contribution is 2.26. The Bertz CT molecular complexity index is 1210. The smallest absolute Gasteiger partial charge is 0.254 e. The van der Waals surface area contributed by atoms with Crippen LogP contribution in [0.3, 0.4) is 0 Å². The average molecular weight is 476 g/mol. The zero-order valence-electron chi connectivity index (χ0n) is 20.2. The number of nitrogens with one attached hydrogen (secondary N) is 1. The van der Waals surface area contributed by atoms with E-state index in [1.165, 1.54) is 6.07 Å². The van der Waals surface area contributed by atoms with Crippen LogP contribution >= 0.6 is 0 Å². The maximum absolute atomic E-state index is 12.9. The minimum Gasteiger partial charge on any atom is -0.488 e. The number of hydrogen-bond donors (Lipinski definition) is 1. The van der Waals surface area contributed by atoms with Gasteiger partial charge in [0, 0.05) is 44.7 Å². The standard InChI is InChI=1S/C24H33N3O5S/c1-15-11-16(2)19(5)24(18(15)4)33(30,31)25-9-7-22(28)27-10-8-20(14-27)32-21-12-17(3)26(6)23(29)13-21/h11-13,20,25H,7-10,14H2,1-6H3. The summed E-state index contributed by atoms with van der Waals surface area (Å²) in [4.78, 5) is 26.6. The molecule has 0 aliphatic carbocycles. The van der Waals surface area contributed by atoms with Gasteiger partial charge in [-0.05, 0) is 62.9 Å². The normalized spacial score (nSPS) is 16.3.